The van der Waals surface area contributed by atoms with Gasteiger partial charge in [-0.25, -0.2) is 4.79 Å². The number of ether oxygens (including phenoxy) is 2. The smallest absolute Gasteiger partial charge is 0.338 e. The Kier molecular flexibility index (Phi) is 5.08. The highest BCUT2D eigenvalue weighted by Gasteiger charge is 2.26. The zero-order valence-electron chi connectivity index (χ0n) is 10.7. The number of hydrogen-bond donors (Lipinski definition) is 0. The van der Waals surface area contributed by atoms with Gasteiger partial charge < -0.3 is 9.47 Å². The molecule has 0 aromatic heterocycles. The lowest BCUT2D eigenvalue weighted by Crippen LogP contribution is -2.10. The van der Waals surface area contributed by atoms with Gasteiger partial charge in [0.15, 0.2) is 4.90 Å². The molecule has 1 fully saturated rings. The molecule has 98 valence electrons. The van der Waals surface area contributed by atoms with E-state index in [1.54, 1.807) is 7.11 Å². The Morgan fingerprint density at radius 3 is 2.44 bits per heavy atom. The lowest BCUT2D eigenvalue weighted by atomic mass is 10.2. The van der Waals surface area contributed by atoms with E-state index in [1.807, 2.05) is 12.1 Å². The van der Waals surface area contributed by atoms with E-state index in [2.05, 4.69) is 12.1 Å². The van der Waals surface area contributed by atoms with Gasteiger partial charge in [0.25, 0.3) is 0 Å². The Hall–Kier alpha value is -1.00. The van der Waals surface area contributed by atoms with E-state index in [-0.39, 0.29) is 5.97 Å². The second-order valence-electron chi connectivity index (χ2n) is 4.26. The lowest BCUT2D eigenvalue weighted by Gasteiger charge is -2.04. The van der Waals surface area contributed by atoms with Gasteiger partial charge in [-0.2, -0.15) is 0 Å². The molecule has 18 heavy (non-hydrogen) atoms. The van der Waals surface area contributed by atoms with Gasteiger partial charge >= 0.3 is 5.97 Å². The Balaban J connectivity index is 1.92. The molecule has 1 saturated heterocycles. The molecule has 0 saturated carbocycles. The van der Waals surface area contributed by atoms with E-state index in [0.717, 1.165) is 0 Å². The Bertz CT molecular complexity index is 383. The van der Waals surface area contributed by atoms with Crippen LogP contribution in [-0.2, 0) is 20.4 Å². The van der Waals surface area contributed by atoms with Crippen LogP contribution in [0.15, 0.2) is 29.2 Å². The standard InChI is InChI=1S/C14H19O3S/c1-16-8-9-17-14(15)12-4-6-13(7-5-12)18-10-2-3-11-18/h4-7H,2-3,8-11H2,1H3/q+1. The molecule has 3 nitrogen and oxygen atoms in total. The molecule has 2 rings (SSSR count). The molecule has 1 aliphatic rings. The van der Waals surface area contributed by atoms with Crippen molar-refractivity contribution in [1.29, 1.82) is 0 Å². The van der Waals surface area contributed by atoms with Crippen molar-refractivity contribution in [2.24, 2.45) is 0 Å². The maximum Gasteiger partial charge on any atom is 0.338 e. The maximum absolute atomic E-state index is 11.7. The van der Waals surface area contributed by atoms with Crippen LogP contribution in [0, 0.1) is 0 Å². The average molecular weight is 267 g/mol. The van der Waals surface area contributed by atoms with Crippen LogP contribution in [0.4, 0.5) is 0 Å². The van der Waals surface area contributed by atoms with Crippen LogP contribution in [0.1, 0.15) is 23.2 Å². The van der Waals surface area contributed by atoms with E-state index in [9.17, 15) is 4.79 Å². The molecule has 1 aliphatic heterocycles. The number of benzene rings is 1. The molecule has 0 spiro atoms. The first-order valence-corrected chi connectivity index (χ1v) is 7.81. The van der Waals surface area contributed by atoms with Crippen molar-refractivity contribution in [3.63, 3.8) is 0 Å². The van der Waals surface area contributed by atoms with Crippen LogP contribution in [0.25, 0.3) is 0 Å². The van der Waals surface area contributed by atoms with E-state index in [0.29, 0.717) is 29.7 Å². The van der Waals surface area contributed by atoms with Crippen LogP contribution in [0.2, 0.25) is 0 Å². The van der Waals surface area contributed by atoms with Crippen LogP contribution >= 0.6 is 0 Å². The first kappa shape index (κ1) is 13.4. The number of hydrogen-bond acceptors (Lipinski definition) is 3. The number of carbonyl (C=O) groups is 1. The van der Waals surface area contributed by atoms with Crippen LogP contribution < -0.4 is 0 Å². The normalized spacial score (nSPS) is 15.8. The van der Waals surface area contributed by atoms with E-state index in [4.69, 9.17) is 9.47 Å². The van der Waals surface area contributed by atoms with Crippen molar-refractivity contribution >= 4 is 16.9 Å². The fourth-order valence-corrected chi connectivity index (χ4v) is 4.28. The molecule has 4 heteroatoms. The van der Waals surface area contributed by atoms with Crippen molar-refractivity contribution in [3.8, 4) is 0 Å². The number of esters is 1. The summed E-state index contributed by atoms with van der Waals surface area (Å²) >= 11 is 0. The number of methoxy groups -OCH3 is 1. The quantitative estimate of drug-likeness (QED) is 0.466. The van der Waals surface area contributed by atoms with Gasteiger partial charge in [-0.15, -0.1) is 0 Å². The minimum Gasteiger partial charge on any atom is -0.460 e. The van der Waals surface area contributed by atoms with Crippen molar-refractivity contribution in [3.05, 3.63) is 29.8 Å². The van der Waals surface area contributed by atoms with E-state index >= 15 is 0 Å². The molecule has 1 aromatic carbocycles. The third-order valence-electron chi connectivity index (χ3n) is 2.98. The van der Waals surface area contributed by atoms with Crippen molar-refractivity contribution < 1.29 is 14.3 Å². The van der Waals surface area contributed by atoms with Crippen LogP contribution in [0.3, 0.4) is 0 Å². The van der Waals surface area contributed by atoms with E-state index < -0.39 is 0 Å². The summed E-state index contributed by atoms with van der Waals surface area (Å²) < 4.78 is 9.91. The summed E-state index contributed by atoms with van der Waals surface area (Å²) in [4.78, 5) is 13.1. The minimum atomic E-state index is -0.270. The molecule has 1 heterocycles. The molecular formula is C14H19O3S+. The molecule has 0 bridgehead atoms. The predicted octanol–water partition coefficient (Wildman–Crippen LogP) is 2.26. The van der Waals surface area contributed by atoms with Crippen molar-refractivity contribution in [2.75, 3.05) is 31.8 Å². The first-order chi connectivity index (χ1) is 8.81. The third-order valence-corrected chi connectivity index (χ3v) is 5.48. The highest BCUT2D eigenvalue weighted by molar-refractivity contribution is 7.97. The van der Waals surface area contributed by atoms with Gasteiger partial charge in [0.05, 0.1) is 12.2 Å². The summed E-state index contributed by atoms with van der Waals surface area (Å²) in [6.07, 6.45) is 2.67. The summed E-state index contributed by atoms with van der Waals surface area (Å²) in [6.45, 7) is 0.745. The highest BCUT2D eigenvalue weighted by Crippen LogP contribution is 2.23. The SMILES string of the molecule is COCCOC(=O)c1ccc([S+]2CCCC2)cc1. The monoisotopic (exact) mass is 267 g/mol. The largest absolute Gasteiger partial charge is 0.460 e. The summed E-state index contributed by atoms with van der Waals surface area (Å²) in [7, 11) is 2.00. The molecule has 0 radical (unpaired) electrons. The summed E-state index contributed by atoms with van der Waals surface area (Å²) in [5, 5.41) is 0. The van der Waals surface area contributed by atoms with Gasteiger partial charge in [0.1, 0.15) is 18.1 Å². The van der Waals surface area contributed by atoms with Gasteiger partial charge in [0.2, 0.25) is 0 Å². The van der Waals surface area contributed by atoms with Crippen LogP contribution in [-0.4, -0.2) is 37.8 Å². The Morgan fingerprint density at radius 2 is 1.83 bits per heavy atom. The maximum atomic E-state index is 11.7. The van der Waals surface area contributed by atoms with Gasteiger partial charge in [-0.1, -0.05) is 0 Å². The second-order valence-corrected chi connectivity index (χ2v) is 6.53. The summed E-state index contributed by atoms with van der Waals surface area (Å²) in [6, 6.07) is 7.88. The minimum absolute atomic E-state index is 0.270. The third kappa shape index (κ3) is 3.50. The molecule has 0 atom stereocenters. The summed E-state index contributed by atoms with van der Waals surface area (Å²) in [5.41, 5.74) is 0.623. The fraction of sp³-hybridized carbons (Fsp3) is 0.500. The zero-order valence-corrected chi connectivity index (χ0v) is 11.5. The molecule has 0 N–H and O–H groups in total. The zero-order chi connectivity index (χ0) is 12.8. The summed E-state index contributed by atoms with van der Waals surface area (Å²) in [5.74, 6) is 2.34. The average Bonchev–Trinajstić information content (AvgIpc) is 2.93. The first-order valence-electron chi connectivity index (χ1n) is 6.25. The fourth-order valence-electron chi connectivity index (χ4n) is 1.97. The molecule has 0 aliphatic carbocycles. The molecule has 1 aromatic rings. The highest BCUT2D eigenvalue weighted by atomic mass is 32.2. The van der Waals surface area contributed by atoms with Gasteiger partial charge in [0, 0.05) is 18.0 Å². The molecule has 0 unspecified atom stereocenters. The van der Waals surface area contributed by atoms with Crippen molar-refractivity contribution in [1.82, 2.24) is 0 Å². The topological polar surface area (TPSA) is 35.5 Å². The Morgan fingerprint density at radius 1 is 1.17 bits per heavy atom. The molecule has 0 amide bonds. The van der Waals surface area contributed by atoms with E-state index in [1.165, 1.54) is 29.2 Å². The lowest BCUT2D eigenvalue weighted by molar-refractivity contribution is 0.0388. The van der Waals surface area contributed by atoms with Crippen molar-refractivity contribution in [2.45, 2.75) is 17.7 Å². The van der Waals surface area contributed by atoms with Gasteiger partial charge in [-0.3, -0.25) is 0 Å². The number of rotatable bonds is 5. The van der Waals surface area contributed by atoms with Gasteiger partial charge in [-0.05, 0) is 37.1 Å². The number of carbonyl (C=O) groups excluding carboxylic acids is 1. The van der Waals surface area contributed by atoms with Crippen LogP contribution in [0.5, 0.6) is 0 Å². The second kappa shape index (κ2) is 6.81. The Labute approximate surface area is 111 Å². The molecular weight excluding hydrogens is 248 g/mol. The predicted molar refractivity (Wildman–Crippen MR) is 73.2 cm³/mol.